The van der Waals surface area contributed by atoms with E-state index >= 15 is 0 Å². The summed E-state index contributed by atoms with van der Waals surface area (Å²) in [5.41, 5.74) is 0.653. The summed E-state index contributed by atoms with van der Waals surface area (Å²) in [7, 11) is 1.92. The molecule has 1 aromatic heterocycles. The maximum absolute atomic E-state index is 11.8. The van der Waals surface area contributed by atoms with E-state index in [-0.39, 0.29) is 12.5 Å². The molecule has 0 spiro atoms. The molecule has 0 aliphatic heterocycles. The second-order valence-corrected chi connectivity index (χ2v) is 5.69. The molecule has 0 radical (unpaired) electrons. The SMILES string of the molecule is CCOCC(=O)Nc1cc(Cl)ccc1Sc1nccn1C. The van der Waals surface area contributed by atoms with Crippen molar-refractivity contribution in [1.29, 1.82) is 0 Å². The van der Waals surface area contributed by atoms with E-state index in [0.29, 0.717) is 17.3 Å². The number of hydrogen-bond acceptors (Lipinski definition) is 4. The average molecular weight is 326 g/mol. The highest BCUT2D eigenvalue weighted by molar-refractivity contribution is 7.99. The predicted molar refractivity (Wildman–Crippen MR) is 83.9 cm³/mol. The van der Waals surface area contributed by atoms with Gasteiger partial charge < -0.3 is 14.6 Å². The van der Waals surface area contributed by atoms with Crippen molar-refractivity contribution in [3.63, 3.8) is 0 Å². The Morgan fingerprint density at radius 1 is 1.52 bits per heavy atom. The number of benzene rings is 1. The highest BCUT2D eigenvalue weighted by atomic mass is 35.5. The molecular formula is C14H16ClN3O2S. The molecule has 0 unspecified atom stereocenters. The number of nitrogens with one attached hydrogen (secondary N) is 1. The molecule has 7 heteroatoms. The van der Waals surface area contributed by atoms with Crippen LogP contribution < -0.4 is 5.32 Å². The summed E-state index contributed by atoms with van der Waals surface area (Å²) in [5.74, 6) is -0.208. The molecule has 112 valence electrons. The Hall–Kier alpha value is -1.50. The molecule has 0 aliphatic rings. The molecule has 21 heavy (non-hydrogen) atoms. The number of aromatic nitrogens is 2. The molecule has 1 heterocycles. The zero-order valence-corrected chi connectivity index (χ0v) is 13.4. The molecule has 0 fully saturated rings. The van der Waals surface area contributed by atoms with Gasteiger partial charge in [0, 0.05) is 36.0 Å². The second-order valence-electron chi connectivity index (χ2n) is 4.25. The second kappa shape index (κ2) is 7.49. The molecule has 5 nitrogen and oxygen atoms in total. The van der Waals surface area contributed by atoms with Crippen LogP contribution in [0.3, 0.4) is 0 Å². The first-order valence-electron chi connectivity index (χ1n) is 6.42. The van der Waals surface area contributed by atoms with Gasteiger partial charge in [-0.25, -0.2) is 4.98 Å². The van der Waals surface area contributed by atoms with Crippen LogP contribution in [0.5, 0.6) is 0 Å². The smallest absolute Gasteiger partial charge is 0.250 e. The van der Waals surface area contributed by atoms with Gasteiger partial charge in [0.2, 0.25) is 5.91 Å². The largest absolute Gasteiger partial charge is 0.372 e. The van der Waals surface area contributed by atoms with Crippen molar-refractivity contribution >= 4 is 35.0 Å². The van der Waals surface area contributed by atoms with E-state index in [0.717, 1.165) is 10.1 Å². The number of aryl methyl sites for hydroxylation is 1. The van der Waals surface area contributed by atoms with Crippen molar-refractivity contribution in [3.8, 4) is 0 Å². The fourth-order valence-electron chi connectivity index (χ4n) is 1.62. The summed E-state index contributed by atoms with van der Waals surface area (Å²) in [6, 6.07) is 5.36. The Balaban J connectivity index is 2.17. The third-order valence-electron chi connectivity index (χ3n) is 2.63. The lowest BCUT2D eigenvalue weighted by molar-refractivity contribution is -0.120. The number of anilines is 1. The van der Waals surface area contributed by atoms with Gasteiger partial charge in [0.15, 0.2) is 5.16 Å². The van der Waals surface area contributed by atoms with E-state index in [1.165, 1.54) is 11.8 Å². The Labute approximate surface area is 132 Å². The summed E-state index contributed by atoms with van der Waals surface area (Å²) in [5, 5.41) is 4.20. The highest BCUT2D eigenvalue weighted by Gasteiger charge is 2.11. The van der Waals surface area contributed by atoms with Crippen molar-refractivity contribution in [3.05, 3.63) is 35.6 Å². The van der Waals surface area contributed by atoms with Gasteiger partial charge in [-0.15, -0.1) is 0 Å². The van der Waals surface area contributed by atoms with Crippen LogP contribution in [-0.4, -0.2) is 28.7 Å². The molecular weight excluding hydrogens is 310 g/mol. The lowest BCUT2D eigenvalue weighted by Gasteiger charge is -2.11. The lowest BCUT2D eigenvalue weighted by atomic mass is 10.3. The quantitative estimate of drug-likeness (QED) is 0.886. The standard InChI is InChI=1S/C14H16ClN3O2S/c1-3-20-9-13(19)17-11-8-10(15)4-5-12(11)21-14-16-6-7-18(14)2/h4-8H,3,9H2,1-2H3,(H,17,19). The third-order valence-corrected chi connectivity index (χ3v) is 4.02. The van der Waals surface area contributed by atoms with E-state index in [2.05, 4.69) is 10.3 Å². The third kappa shape index (κ3) is 4.49. The van der Waals surface area contributed by atoms with Gasteiger partial charge in [-0.05, 0) is 36.9 Å². The molecule has 0 atom stereocenters. The first-order valence-corrected chi connectivity index (χ1v) is 7.62. The highest BCUT2D eigenvalue weighted by Crippen LogP contribution is 2.34. The molecule has 2 rings (SSSR count). The maximum Gasteiger partial charge on any atom is 0.250 e. The molecule has 1 amide bonds. The number of ether oxygens (including phenoxy) is 1. The zero-order valence-electron chi connectivity index (χ0n) is 11.8. The molecule has 1 aromatic carbocycles. The normalized spacial score (nSPS) is 10.6. The van der Waals surface area contributed by atoms with Crippen molar-refractivity contribution in [2.24, 2.45) is 7.05 Å². The van der Waals surface area contributed by atoms with Crippen LogP contribution in [0.25, 0.3) is 0 Å². The average Bonchev–Trinajstić information content (AvgIpc) is 2.85. The summed E-state index contributed by atoms with van der Waals surface area (Å²) in [6.45, 7) is 2.36. The van der Waals surface area contributed by atoms with Gasteiger partial charge >= 0.3 is 0 Å². The first-order chi connectivity index (χ1) is 10.1. The lowest BCUT2D eigenvalue weighted by Crippen LogP contribution is -2.18. The van der Waals surface area contributed by atoms with Crippen molar-refractivity contribution in [1.82, 2.24) is 9.55 Å². The molecule has 0 saturated heterocycles. The van der Waals surface area contributed by atoms with E-state index in [1.807, 2.05) is 30.8 Å². The fraction of sp³-hybridized carbons (Fsp3) is 0.286. The zero-order chi connectivity index (χ0) is 15.2. The number of carbonyl (C=O) groups is 1. The predicted octanol–water partition coefficient (Wildman–Crippen LogP) is 3.20. The molecule has 0 saturated carbocycles. The van der Waals surface area contributed by atoms with Crippen molar-refractivity contribution < 1.29 is 9.53 Å². The van der Waals surface area contributed by atoms with Crippen LogP contribution >= 0.6 is 23.4 Å². The fourth-order valence-corrected chi connectivity index (χ4v) is 2.66. The summed E-state index contributed by atoms with van der Waals surface area (Å²) >= 11 is 7.46. The first kappa shape index (κ1) is 15.9. The molecule has 0 bridgehead atoms. The molecule has 0 aliphatic carbocycles. The number of rotatable bonds is 6. The minimum absolute atomic E-state index is 0.0233. The van der Waals surface area contributed by atoms with E-state index < -0.39 is 0 Å². The molecule has 2 aromatic rings. The van der Waals surface area contributed by atoms with Gasteiger partial charge in [0.25, 0.3) is 0 Å². The Morgan fingerprint density at radius 3 is 3.00 bits per heavy atom. The van der Waals surface area contributed by atoms with Crippen molar-refractivity contribution in [2.75, 3.05) is 18.5 Å². The van der Waals surface area contributed by atoms with Gasteiger partial charge in [-0.1, -0.05) is 11.6 Å². The van der Waals surface area contributed by atoms with E-state index in [4.69, 9.17) is 16.3 Å². The van der Waals surface area contributed by atoms with Gasteiger partial charge in [-0.2, -0.15) is 0 Å². The number of imidazole rings is 1. The number of carbonyl (C=O) groups excluding carboxylic acids is 1. The van der Waals surface area contributed by atoms with Crippen LogP contribution in [0.1, 0.15) is 6.92 Å². The minimum Gasteiger partial charge on any atom is -0.372 e. The van der Waals surface area contributed by atoms with Crippen LogP contribution in [0.15, 0.2) is 40.6 Å². The topological polar surface area (TPSA) is 56.1 Å². The van der Waals surface area contributed by atoms with Gasteiger partial charge in [0.05, 0.1) is 5.69 Å². The Kier molecular flexibility index (Phi) is 5.67. The van der Waals surface area contributed by atoms with E-state index in [9.17, 15) is 4.79 Å². The van der Waals surface area contributed by atoms with Crippen LogP contribution in [0.4, 0.5) is 5.69 Å². The minimum atomic E-state index is -0.208. The van der Waals surface area contributed by atoms with Crippen molar-refractivity contribution in [2.45, 2.75) is 17.0 Å². The maximum atomic E-state index is 11.8. The van der Waals surface area contributed by atoms with Crippen LogP contribution in [-0.2, 0) is 16.6 Å². The summed E-state index contributed by atoms with van der Waals surface area (Å²) in [6.07, 6.45) is 3.59. The molecule has 1 N–H and O–H groups in total. The Morgan fingerprint density at radius 2 is 2.33 bits per heavy atom. The number of hydrogen-bond donors (Lipinski definition) is 1. The monoisotopic (exact) mass is 325 g/mol. The van der Waals surface area contributed by atoms with Gasteiger partial charge in [0.1, 0.15) is 6.61 Å². The van der Waals surface area contributed by atoms with E-state index in [1.54, 1.807) is 18.3 Å². The van der Waals surface area contributed by atoms with Crippen LogP contribution in [0, 0.1) is 0 Å². The Bertz CT molecular complexity index is 630. The number of nitrogens with zero attached hydrogens (tertiary/aromatic N) is 2. The summed E-state index contributed by atoms with van der Waals surface area (Å²) in [4.78, 5) is 16.9. The van der Waals surface area contributed by atoms with Crippen LogP contribution in [0.2, 0.25) is 5.02 Å². The number of halogens is 1. The number of amides is 1. The van der Waals surface area contributed by atoms with Gasteiger partial charge in [-0.3, -0.25) is 4.79 Å². The summed E-state index contributed by atoms with van der Waals surface area (Å²) < 4.78 is 7.00.